The van der Waals surface area contributed by atoms with Gasteiger partial charge in [0, 0.05) is 31.5 Å². The van der Waals surface area contributed by atoms with Crippen molar-refractivity contribution in [1.82, 2.24) is 19.7 Å². The molecule has 3 heterocycles. The summed E-state index contributed by atoms with van der Waals surface area (Å²) in [4.78, 5) is 19.6. The molecular weight excluding hydrogens is 398 g/mol. The van der Waals surface area contributed by atoms with E-state index in [9.17, 15) is 4.79 Å². The number of aliphatic hydroxyl groups excluding tert-OH is 1. The topological polar surface area (TPSA) is 83.3 Å². The lowest BCUT2D eigenvalue weighted by Crippen LogP contribution is -2.37. The number of carbonyl (C=O) groups is 1. The number of hydrogen-bond donors (Lipinski definition) is 2. The van der Waals surface area contributed by atoms with Crippen LogP contribution in [0, 0.1) is 5.41 Å². The minimum Gasteiger partial charge on any atom is -0.394 e. The summed E-state index contributed by atoms with van der Waals surface area (Å²) in [6.45, 7) is 4.41. The molecule has 1 aliphatic carbocycles. The third-order valence-electron chi connectivity index (χ3n) is 6.39. The Balaban J connectivity index is 1.33. The molecule has 0 bridgehead atoms. The molecule has 2 aromatic heterocycles. The van der Waals surface area contributed by atoms with Crippen molar-refractivity contribution in [3.05, 3.63) is 36.3 Å². The van der Waals surface area contributed by atoms with Gasteiger partial charge in [0.1, 0.15) is 5.03 Å². The molecule has 0 radical (unpaired) electrons. The molecule has 0 atom stereocenters. The van der Waals surface area contributed by atoms with Gasteiger partial charge in [-0.05, 0) is 55.4 Å². The highest BCUT2D eigenvalue weighted by Crippen LogP contribution is 2.44. The summed E-state index contributed by atoms with van der Waals surface area (Å²) >= 11 is 1.63. The van der Waals surface area contributed by atoms with Crippen molar-refractivity contribution in [3.8, 4) is 0 Å². The largest absolute Gasteiger partial charge is 0.394 e. The lowest BCUT2D eigenvalue weighted by Gasteiger charge is -2.37. The van der Waals surface area contributed by atoms with Crippen molar-refractivity contribution in [2.24, 2.45) is 5.41 Å². The maximum Gasteiger partial charge on any atom is 0.256 e. The maximum absolute atomic E-state index is 13.2. The molecule has 2 N–H and O–H groups in total. The van der Waals surface area contributed by atoms with Gasteiger partial charge in [-0.2, -0.15) is 5.10 Å². The number of aliphatic hydroxyl groups is 1. The standard InChI is InChI=1S/C22H31N5O2S/c1-2-30-20-19(4-3-10-23-20)21(29)26-11-9-22(16-26)7-5-17(6-8-22)25-18-14-24-27(15-18)12-13-28/h3-4,10,14-15,17,25,28H,2,5-9,11-13,16H2,1H3/t17-,22+. The number of aromatic nitrogens is 3. The Labute approximate surface area is 182 Å². The minimum absolute atomic E-state index is 0.0972. The molecule has 30 heavy (non-hydrogen) atoms. The zero-order valence-electron chi connectivity index (χ0n) is 17.6. The van der Waals surface area contributed by atoms with Gasteiger partial charge in [-0.1, -0.05) is 6.92 Å². The van der Waals surface area contributed by atoms with Crippen LogP contribution in [0.2, 0.25) is 0 Å². The maximum atomic E-state index is 13.2. The van der Waals surface area contributed by atoms with E-state index in [1.54, 1.807) is 22.6 Å². The number of carbonyl (C=O) groups excluding carboxylic acids is 1. The summed E-state index contributed by atoms with van der Waals surface area (Å²) in [7, 11) is 0. The van der Waals surface area contributed by atoms with Crippen LogP contribution in [0.15, 0.2) is 35.7 Å². The van der Waals surface area contributed by atoms with Crippen molar-refractivity contribution in [2.45, 2.75) is 56.6 Å². The van der Waals surface area contributed by atoms with E-state index in [-0.39, 0.29) is 17.9 Å². The first-order chi connectivity index (χ1) is 14.6. The van der Waals surface area contributed by atoms with Gasteiger partial charge in [0.05, 0.1) is 30.6 Å². The molecule has 2 fully saturated rings. The van der Waals surface area contributed by atoms with E-state index in [0.717, 1.165) is 67.2 Å². The van der Waals surface area contributed by atoms with E-state index < -0.39 is 0 Å². The van der Waals surface area contributed by atoms with Crippen LogP contribution in [0.5, 0.6) is 0 Å². The molecule has 0 aromatic carbocycles. The highest BCUT2D eigenvalue weighted by atomic mass is 32.2. The number of amides is 1. The first-order valence-electron chi connectivity index (χ1n) is 10.9. The monoisotopic (exact) mass is 429 g/mol. The summed E-state index contributed by atoms with van der Waals surface area (Å²) in [5, 5.41) is 17.7. The van der Waals surface area contributed by atoms with Gasteiger partial charge in [-0.3, -0.25) is 9.48 Å². The number of nitrogens with zero attached hydrogens (tertiary/aromatic N) is 4. The zero-order chi connectivity index (χ0) is 21.0. The third-order valence-corrected chi connectivity index (χ3v) is 7.27. The molecule has 8 heteroatoms. The zero-order valence-corrected chi connectivity index (χ0v) is 18.4. The quantitative estimate of drug-likeness (QED) is 0.658. The van der Waals surface area contributed by atoms with Crippen LogP contribution in [0.1, 0.15) is 49.4 Å². The molecule has 2 aliphatic rings. The fourth-order valence-electron chi connectivity index (χ4n) is 4.77. The second-order valence-corrected chi connectivity index (χ2v) is 9.65. The summed E-state index contributed by atoms with van der Waals surface area (Å²) in [5.74, 6) is 1.04. The van der Waals surface area contributed by atoms with E-state index in [2.05, 4.69) is 22.3 Å². The van der Waals surface area contributed by atoms with E-state index >= 15 is 0 Å². The normalized spacial score (nSPS) is 23.8. The molecule has 1 aliphatic heterocycles. The highest BCUT2D eigenvalue weighted by molar-refractivity contribution is 7.99. The first kappa shape index (κ1) is 21.2. The van der Waals surface area contributed by atoms with Crippen LogP contribution in [0.25, 0.3) is 0 Å². The Morgan fingerprint density at radius 3 is 2.97 bits per heavy atom. The average Bonchev–Trinajstić information content (AvgIpc) is 3.38. The van der Waals surface area contributed by atoms with Gasteiger partial charge in [0.25, 0.3) is 5.91 Å². The smallest absolute Gasteiger partial charge is 0.256 e. The molecule has 162 valence electrons. The number of thioether (sulfide) groups is 1. The van der Waals surface area contributed by atoms with Crippen LogP contribution in [-0.2, 0) is 6.54 Å². The number of nitrogens with one attached hydrogen (secondary N) is 1. The molecule has 7 nitrogen and oxygen atoms in total. The van der Waals surface area contributed by atoms with Crippen LogP contribution in [0.4, 0.5) is 5.69 Å². The summed E-state index contributed by atoms with van der Waals surface area (Å²) < 4.78 is 1.76. The van der Waals surface area contributed by atoms with Crippen LogP contribution in [-0.4, -0.2) is 62.2 Å². The highest BCUT2D eigenvalue weighted by Gasteiger charge is 2.42. The Morgan fingerprint density at radius 2 is 2.20 bits per heavy atom. The predicted octanol–water partition coefficient (Wildman–Crippen LogP) is 3.27. The SMILES string of the molecule is CCSc1ncccc1C(=O)N1CC[C@]2(CC[C@H](Nc3cnn(CCO)c3)CC2)C1. The summed E-state index contributed by atoms with van der Waals surface area (Å²) in [6, 6.07) is 4.21. The summed E-state index contributed by atoms with van der Waals surface area (Å²) in [5.41, 5.74) is 2.02. The van der Waals surface area contributed by atoms with E-state index in [1.807, 2.05) is 29.4 Å². The number of hydrogen-bond acceptors (Lipinski definition) is 6. The van der Waals surface area contributed by atoms with Gasteiger partial charge in [-0.25, -0.2) is 4.98 Å². The molecule has 1 amide bonds. The molecule has 1 saturated carbocycles. The first-order valence-corrected chi connectivity index (χ1v) is 11.9. The average molecular weight is 430 g/mol. The molecule has 1 saturated heterocycles. The molecule has 2 aromatic rings. The van der Waals surface area contributed by atoms with E-state index in [1.165, 1.54) is 0 Å². The second kappa shape index (κ2) is 9.39. The van der Waals surface area contributed by atoms with Crippen molar-refractivity contribution in [1.29, 1.82) is 0 Å². The fraction of sp³-hybridized carbons (Fsp3) is 0.591. The summed E-state index contributed by atoms with van der Waals surface area (Å²) in [6.07, 6.45) is 11.1. The predicted molar refractivity (Wildman–Crippen MR) is 119 cm³/mol. The molecule has 4 rings (SSSR count). The Morgan fingerprint density at radius 1 is 1.37 bits per heavy atom. The number of likely N-dealkylation sites (tertiary alicyclic amines) is 1. The fourth-order valence-corrected chi connectivity index (χ4v) is 5.48. The number of pyridine rings is 1. The Bertz CT molecular complexity index is 863. The van der Waals surface area contributed by atoms with Gasteiger partial charge < -0.3 is 15.3 Å². The van der Waals surface area contributed by atoms with Crippen molar-refractivity contribution in [3.63, 3.8) is 0 Å². The molecular formula is C22H31N5O2S. The van der Waals surface area contributed by atoms with Gasteiger partial charge in [0.15, 0.2) is 0 Å². The Hall–Kier alpha value is -2.06. The van der Waals surface area contributed by atoms with Gasteiger partial charge in [-0.15, -0.1) is 11.8 Å². The van der Waals surface area contributed by atoms with Gasteiger partial charge in [0.2, 0.25) is 0 Å². The Kier molecular flexibility index (Phi) is 6.63. The van der Waals surface area contributed by atoms with Crippen LogP contribution >= 0.6 is 11.8 Å². The minimum atomic E-state index is 0.0972. The van der Waals surface area contributed by atoms with E-state index in [0.29, 0.717) is 12.6 Å². The van der Waals surface area contributed by atoms with Crippen molar-refractivity contribution < 1.29 is 9.90 Å². The van der Waals surface area contributed by atoms with Crippen molar-refractivity contribution >= 4 is 23.4 Å². The van der Waals surface area contributed by atoms with Crippen molar-refractivity contribution in [2.75, 3.05) is 30.8 Å². The number of rotatable bonds is 7. The van der Waals surface area contributed by atoms with E-state index in [4.69, 9.17) is 5.11 Å². The third kappa shape index (κ3) is 4.64. The van der Waals surface area contributed by atoms with Gasteiger partial charge >= 0.3 is 0 Å². The lowest BCUT2D eigenvalue weighted by atomic mass is 9.72. The second-order valence-electron chi connectivity index (χ2n) is 8.40. The van der Waals surface area contributed by atoms with Crippen LogP contribution < -0.4 is 5.32 Å². The lowest BCUT2D eigenvalue weighted by molar-refractivity contribution is 0.0753. The number of anilines is 1. The molecule has 0 unspecified atom stereocenters. The molecule has 1 spiro atoms. The van der Waals surface area contributed by atoms with Crippen LogP contribution in [0.3, 0.4) is 0 Å².